The average Bonchev–Trinajstić information content (AvgIpc) is 2.94. The molecule has 0 aromatic heterocycles. The van der Waals surface area contributed by atoms with Crippen LogP contribution in [0.4, 0.5) is 0 Å². The van der Waals surface area contributed by atoms with Crippen LogP contribution in [0.1, 0.15) is 18.4 Å². The molecular formula is C19H22N2O5S. The van der Waals surface area contributed by atoms with Gasteiger partial charge in [0, 0.05) is 13.1 Å². The molecule has 0 saturated carbocycles. The summed E-state index contributed by atoms with van der Waals surface area (Å²) in [5, 5.41) is 0. The predicted molar refractivity (Wildman–Crippen MR) is 96.9 cm³/mol. The number of carbonyl (C=O) groups is 2. The third-order valence-electron chi connectivity index (χ3n) is 5.45. The van der Waals surface area contributed by atoms with E-state index in [1.807, 2.05) is 12.2 Å². The molecule has 0 N–H and O–H groups in total. The Morgan fingerprint density at radius 3 is 2.26 bits per heavy atom. The number of fused-ring (bicyclic) bond motifs is 1. The van der Waals surface area contributed by atoms with Crippen molar-refractivity contribution in [1.29, 1.82) is 0 Å². The van der Waals surface area contributed by atoms with Gasteiger partial charge in [0.25, 0.3) is 0 Å². The second kappa shape index (κ2) is 7.18. The third-order valence-corrected chi connectivity index (χ3v) is 7.34. The number of rotatable bonds is 4. The summed E-state index contributed by atoms with van der Waals surface area (Å²) < 4.78 is 32.3. The molecule has 2 saturated heterocycles. The van der Waals surface area contributed by atoms with Crippen LogP contribution in [0, 0.1) is 11.8 Å². The number of ether oxygens (including phenoxy) is 1. The molecule has 2 aliphatic heterocycles. The van der Waals surface area contributed by atoms with Crippen LogP contribution >= 0.6 is 0 Å². The maximum absolute atomic E-state index is 12.8. The first kappa shape index (κ1) is 18.3. The molecule has 3 aliphatic rings. The van der Waals surface area contributed by atoms with E-state index in [1.54, 1.807) is 24.3 Å². The molecule has 0 radical (unpaired) electrons. The molecule has 0 unspecified atom stereocenters. The van der Waals surface area contributed by atoms with Gasteiger partial charge in [0.05, 0.1) is 36.5 Å². The predicted octanol–water partition coefficient (Wildman–Crippen LogP) is 1.16. The normalized spacial score (nSPS) is 26.4. The first-order valence-electron chi connectivity index (χ1n) is 9.15. The van der Waals surface area contributed by atoms with Crippen molar-refractivity contribution in [3.63, 3.8) is 0 Å². The van der Waals surface area contributed by atoms with Crippen molar-refractivity contribution in [3.05, 3.63) is 42.0 Å². The number of morpholine rings is 1. The lowest BCUT2D eigenvalue weighted by molar-refractivity contribution is -0.140. The van der Waals surface area contributed by atoms with Crippen molar-refractivity contribution in [2.75, 3.05) is 26.3 Å². The lowest BCUT2D eigenvalue weighted by atomic mass is 9.85. The number of hydrogen-bond acceptors (Lipinski definition) is 5. The van der Waals surface area contributed by atoms with Crippen LogP contribution in [0.25, 0.3) is 0 Å². The fraction of sp³-hybridized carbons (Fsp3) is 0.474. The quantitative estimate of drug-likeness (QED) is 0.569. The van der Waals surface area contributed by atoms with Crippen LogP contribution < -0.4 is 0 Å². The van der Waals surface area contributed by atoms with Crippen molar-refractivity contribution in [2.24, 2.45) is 11.8 Å². The zero-order chi connectivity index (χ0) is 19.0. The van der Waals surface area contributed by atoms with Gasteiger partial charge >= 0.3 is 0 Å². The van der Waals surface area contributed by atoms with Gasteiger partial charge in [-0.15, -0.1) is 0 Å². The highest BCUT2D eigenvalue weighted by Gasteiger charge is 2.47. The van der Waals surface area contributed by atoms with Crippen molar-refractivity contribution < 1.29 is 22.7 Å². The van der Waals surface area contributed by atoms with Crippen LogP contribution in [-0.2, 0) is 30.9 Å². The number of amides is 2. The minimum absolute atomic E-state index is 0.108. The van der Waals surface area contributed by atoms with Gasteiger partial charge in [-0.25, -0.2) is 8.42 Å². The Balaban J connectivity index is 1.55. The van der Waals surface area contributed by atoms with Gasteiger partial charge in [0.1, 0.15) is 0 Å². The number of carbonyl (C=O) groups excluding carboxylic acids is 2. The van der Waals surface area contributed by atoms with Crippen LogP contribution in [0.3, 0.4) is 0 Å². The van der Waals surface area contributed by atoms with Crippen LogP contribution in [0.5, 0.6) is 0 Å². The zero-order valence-corrected chi connectivity index (χ0v) is 15.7. The SMILES string of the molecule is O=C1[C@H]2CC=CC[C@@H]2C(=O)N1Cc1cccc(S(=O)(=O)N2CCOCC2)c1. The fourth-order valence-electron chi connectivity index (χ4n) is 3.95. The molecule has 7 nitrogen and oxygen atoms in total. The van der Waals surface area contributed by atoms with E-state index in [-0.39, 0.29) is 35.1 Å². The highest BCUT2D eigenvalue weighted by molar-refractivity contribution is 7.89. The van der Waals surface area contributed by atoms with E-state index in [2.05, 4.69) is 0 Å². The van der Waals surface area contributed by atoms with Crippen molar-refractivity contribution in [1.82, 2.24) is 9.21 Å². The first-order valence-corrected chi connectivity index (χ1v) is 10.6. The number of sulfonamides is 1. The maximum Gasteiger partial charge on any atom is 0.243 e. The summed E-state index contributed by atoms with van der Waals surface area (Å²) >= 11 is 0. The summed E-state index contributed by atoms with van der Waals surface area (Å²) in [6, 6.07) is 6.51. The zero-order valence-electron chi connectivity index (χ0n) is 14.9. The lowest BCUT2D eigenvalue weighted by Gasteiger charge is -2.26. The Labute approximate surface area is 158 Å². The van der Waals surface area contributed by atoms with Crippen molar-refractivity contribution >= 4 is 21.8 Å². The smallest absolute Gasteiger partial charge is 0.243 e. The van der Waals surface area contributed by atoms with Gasteiger partial charge < -0.3 is 4.74 Å². The van der Waals surface area contributed by atoms with Gasteiger partial charge in [-0.3, -0.25) is 14.5 Å². The highest BCUT2D eigenvalue weighted by Crippen LogP contribution is 2.36. The Morgan fingerprint density at radius 2 is 1.63 bits per heavy atom. The molecule has 27 heavy (non-hydrogen) atoms. The summed E-state index contributed by atoms with van der Waals surface area (Å²) in [5.74, 6) is -0.864. The fourth-order valence-corrected chi connectivity index (χ4v) is 5.43. The summed E-state index contributed by atoms with van der Waals surface area (Å²) in [4.78, 5) is 26.7. The Kier molecular flexibility index (Phi) is 4.88. The van der Waals surface area contributed by atoms with E-state index in [9.17, 15) is 18.0 Å². The van der Waals surface area contributed by atoms with E-state index in [4.69, 9.17) is 4.74 Å². The highest BCUT2D eigenvalue weighted by atomic mass is 32.2. The summed E-state index contributed by atoms with van der Waals surface area (Å²) in [7, 11) is -3.61. The summed E-state index contributed by atoms with van der Waals surface area (Å²) in [5.41, 5.74) is 0.637. The van der Waals surface area contributed by atoms with Crippen LogP contribution in [-0.4, -0.2) is 55.7 Å². The molecule has 1 aromatic rings. The molecule has 1 aliphatic carbocycles. The topological polar surface area (TPSA) is 84.0 Å². The second-order valence-electron chi connectivity index (χ2n) is 7.08. The molecule has 0 bridgehead atoms. The Bertz CT molecular complexity index is 863. The van der Waals surface area contributed by atoms with Gasteiger partial charge in [-0.05, 0) is 30.5 Å². The number of allylic oxidation sites excluding steroid dienone is 2. The molecular weight excluding hydrogens is 368 g/mol. The minimum Gasteiger partial charge on any atom is -0.379 e. The molecule has 4 rings (SSSR count). The van der Waals surface area contributed by atoms with E-state index >= 15 is 0 Å². The average molecular weight is 390 g/mol. The molecule has 2 amide bonds. The molecule has 0 spiro atoms. The van der Waals surface area contributed by atoms with E-state index in [0.717, 1.165) is 0 Å². The largest absolute Gasteiger partial charge is 0.379 e. The van der Waals surface area contributed by atoms with Crippen LogP contribution in [0.2, 0.25) is 0 Å². The van der Waals surface area contributed by atoms with Crippen molar-refractivity contribution in [3.8, 4) is 0 Å². The molecule has 2 fully saturated rings. The molecule has 2 atom stereocenters. The molecule has 2 heterocycles. The monoisotopic (exact) mass is 390 g/mol. The summed E-state index contributed by atoms with van der Waals surface area (Å²) in [6.45, 7) is 1.52. The third kappa shape index (κ3) is 3.33. The second-order valence-corrected chi connectivity index (χ2v) is 9.02. The van der Waals surface area contributed by atoms with Crippen LogP contribution in [0.15, 0.2) is 41.3 Å². The first-order chi connectivity index (χ1) is 13.0. The number of likely N-dealkylation sites (tertiary alicyclic amines) is 1. The molecule has 1 aromatic carbocycles. The van der Waals surface area contributed by atoms with Crippen molar-refractivity contribution in [2.45, 2.75) is 24.3 Å². The Morgan fingerprint density at radius 1 is 1.00 bits per heavy atom. The Hall–Kier alpha value is -2.03. The number of hydrogen-bond donors (Lipinski definition) is 0. The maximum atomic E-state index is 12.8. The molecule has 8 heteroatoms. The van der Waals surface area contributed by atoms with E-state index in [0.29, 0.717) is 44.7 Å². The van der Waals surface area contributed by atoms with Gasteiger partial charge in [-0.1, -0.05) is 24.3 Å². The summed E-state index contributed by atoms with van der Waals surface area (Å²) in [6.07, 6.45) is 5.09. The molecule has 144 valence electrons. The number of benzene rings is 1. The standard InChI is InChI=1S/C19H22N2O5S/c22-18-16-6-1-2-7-17(16)19(23)21(18)13-14-4-3-5-15(12-14)27(24,25)20-8-10-26-11-9-20/h1-5,12,16-17H,6-11,13H2/t16-,17-/m0/s1. The number of nitrogens with zero attached hydrogens (tertiary/aromatic N) is 2. The van der Waals surface area contributed by atoms with Gasteiger partial charge in [0.2, 0.25) is 21.8 Å². The number of imide groups is 1. The van der Waals surface area contributed by atoms with E-state index < -0.39 is 10.0 Å². The minimum atomic E-state index is -3.61. The van der Waals surface area contributed by atoms with Gasteiger partial charge in [-0.2, -0.15) is 4.31 Å². The van der Waals surface area contributed by atoms with E-state index in [1.165, 1.54) is 9.21 Å². The lowest BCUT2D eigenvalue weighted by Crippen LogP contribution is -2.40. The van der Waals surface area contributed by atoms with Gasteiger partial charge in [0.15, 0.2) is 0 Å².